The van der Waals surface area contributed by atoms with Gasteiger partial charge in [0.25, 0.3) is 0 Å². The number of rotatable bonds is 7. The number of fused-ring (bicyclic) bond motifs is 1. The van der Waals surface area contributed by atoms with Crippen LogP contribution >= 0.6 is 0 Å². The van der Waals surface area contributed by atoms with Gasteiger partial charge in [0.15, 0.2) is 11.5 Å². The highest BCUT2D eigenvalue weighted by molar-refractivity contribution is 5.75. The lowest BCUT2D eigenvalue weighted by molar-refractivity contribution is -0.134. The minimum absolute atomic E-state index is 0.0285. The van der Waals surface area contributed by atoms with Crippen molar-refractivity contribution in [2.45, 2.75) is 51.7 Å². The molecule has 1 fully saturated rings. The topological polar surface area (TPSA) is 91.1 Å². The van der Waals surface area contributed by atoms with Crippen LogP contribution in [0.1, 0.15) is 49.5 Å². The average molecular weight is 467 g/mol. The minimum Gasteiger partial charge on any atom is -0.423 e. The molecule has 2 heterocycles. The van der Waals surface area contributed by atoms with Crippen LogP contribution in [0.15, 0.2) is 42.5 Å². The number of benzene rings is 2. The second-order valence-corrected chi connectivity index (χ2v) is 9.17. The van der Waals surface area contributed by atoms with Crippen molar-refractivity contribution in [3.63, 3.8) is 0 Å². The largest absolute Gasteiger partial charge is 0.423 e. The Morgan fingerprint density at radius 2 is 1.74 bits per heavy atom. The fourth-order valence-electron chi connectivity index (χ4n) is 5.10. The molecular formula is C27H34N2O5. The van der Waals surface area contributed by atoms with Crippen LogP contribution in [0.4, 0.5) is 0 Å². The zero-order valence-corrected chi connectivity index (χ0v) is 20.0. The molecule has 34 heavy (non-hydrogen) atoms. The van der Waals surface area contributed by atoms with Crippen LogP contribution in [0, 0.1) is 5.92 Å². The lowest BCUT2D eigenvalue weighted by Gasteiger charge is -2.40. The number of piperidine rings is 1. The molecule has 0 amide bonds. The second kappa shape index (κ2) is 11.1. The molecule has 0 aliphatic carbocycles. The Bertz CT molecular complexity index is 1000. The summed E-state index contributed by atoms with van der Waals surface area (Å²) in [6, 6.07) is 14.1. The standard InChI is InChI=1S/C27H34N2O5/c1-18(30)32-24-9-8-22-23(27(24)33-19(2)31)16-25(34-26(22)17-28)21-11-14-29(15-12-21)13-10-20-6-4-3-5-7-20/h3-9,21,25-26H,10-17,28H2,1-2H3. The van der Waals surface area contributed by atoms with Crippen molar-refractivity contribution in [3.8, 4) is 11.5 Å². The van der Waals surface area contributed by atoms with E-state index < -0.39 is 11.9 Å². The molecule has 2 N–H and O–H groups in total. The molecule has 0 saturated carbocycles. The van der Waals surface area contributed by atoms with Crippen molar-refractivity contribution >= 4 is 11.9 Å². The Kier molecular flexibility index (Phi) is 7.98. The SMILES string of the molecule is CC(=O)Oc1ccc2c(c1OC(C)=O)CC(C1CCN(CCc3ccccc3)CC1)OC2CN. The maximum Gasteiger partial charge on any atom is 0.308 e. The van der Waals surface area contributed by atoms with E-state index >= 15 is 0 Å². The number of nitrogens with two attached hydrogens (primary N) is 1. The molecule has 7 heteroatoms. The van der Waals surface area contributed by atoms with Crippen LogP contribution in [0.2, 0.25) is 0 Å². The van der Waals surface area contributed by atoms with Crippen LogP contribution in [0.3, 0.4) is 0 Å². The molecule has 182 valence electrons. The molecule has 2 unspecified atom stereocenters. The van der Waals surface area contributed by atoms with E-state index in [0.717, 1.165) is 50.0 Å². The summed E-state index contributed by atoms with van der Waals surface area (Å²) in [4.78, 5) is 26.0. The predicted molar refractivity (Wildman–Crippen MR) is 129 cm³/mol. The van der Waals surface area contributed by atoms with Gasteiger partial charge >= 0.3 is 11.9 Å². The highest BCUT2D eigenvalue weighted by Crippen LogP contribution is 2.43. The first-order valence-electron chi connectivity index (χ1n) is 12.1. The Balaban J connectivity index is 1.46. The summed E-state index contributed by atoms with van der Waals surface area (Å²) in [5.74, 6) is 0.0367. The summed E-state index contributed by atoms with van der Waals surface area (Å²) in [5.41, 5.74) is 9.18. The normalized spacial score (nSPS) is 21.0. The lowest BCUT2D eigenvalue weighted by atomic mass is 9.83. The Morgan fingerprint density at radius 3 is 2.38 bits per heavy atom. The van der Waals surface area contributed by atoms with E-state index in [1.807, 2.05) is 12.1 Å². The van der Waals surface area contributed by atoms with E-state index in [4.69, 9.17) is 19.9 Å². The summed E-state index contributed by atoms with van der Waals surface area (Å²) >= 11 is 0. The van der Waals surface area contributed by atoms with Gasteiger partial charge in [-0.3, -0.25) is 9.59 Å². The molecule has 2 aromatic rings. The van der Waals surface area contributed by atoms with Gasteiger partial charge < -0.3 is 24.8 Å². The van der Waals surface area contributed by atoms with Crippen molar-refractivity contribution < 1.29 is 23.8 Å². The van der Waals surface area contributed by atoms with Crippen LogP contribution in [0.5, 0.6) is 11.5 Å². The van der Waals surface area contributed by atoms with Gasteiger partial charge in [-0.2, -0.15) is 0 Å². The Labute approximate surface area is 201 Å². The number of nitrogens with zero attached hydrogens (tertiary/aromatic N) is 1. The number of esters is 2. The number of hydrogen-bond donors (Lipinski definition) is 1. The third kappa shape index (κ3) is 5.84. The maximum absolute atomic E-state index is 11.8. The smallest absolute Gasteiger partial charge is 0.308 e. The zero-order valence-electron chi connectivity index (χ0n) is 20.0. The van der Waals surface area contributed by atoms with Gasteiger partial charge in [0.2, 0.25) is 0 Å². The van der Waals surface area contributed by atoms with Gasteiger partial charge in [0, 0.05) is 38.9 Å². The van der Waals surface area contributed by atoms with Crippen LogP contribution < -0.4 is 15.2 Å². The fraction of sp³-hybridized carbons (Fsp3) is 0.481. The molecule has 4 rings (SSSR count). The summed E-state index contributed by atoms with van der Waals surface area (Å²) in [6.45, 7) is 6.12. The molecule has 0 bridgehead atoms. The number of likely N-dealkylation sites (tertiary alicyclic amines) is 1. The second-order valence-electron chi connectivity index (χ2n) is 9.17. The molecule has 7 nitrogen and oxygen atoms in total. The van der Waals surface area contributed by atoms with Gasteiger partial charge in [-0.15, -0.1) is 0 Å². The molecule has 0 radical (unpaired) electrons. The molecule has 1 saturated heterocycles. The van der Waals surface area contributed by atoms with Gasteiger partial charge in [-0.25, -0.2) is 0 Å². The molecule has 0 aromatic heterocycles. The quantitative estimate of drug-likeness (QED) is 0.494. The molecule has 2 atom stereocenters. The van der Waals surface area contributed by atoms with Gasteiger partial charge in [-0.05, 0) is 55.5 Å². The van der Waals surface area contributed by atoms with Crippen LogP contribution in [-0.2, 0) is 27.2 Å². The van der Waals surface area contributed by atoms with Crippen molar-refractivity contribution in [2.24, 2.45) is 11.7 Å². The molecule has 2 aliphatic rings. The first-order chi connectivity index (χ1) is 16.4. The third-order valence-corrected chi connectivity index (χ3v) is 6.78. The van der Waals surface area contributed by atoms with Gasteiger partial charge in [0.05, 0.1) is 12.2 Å². The van der Waals surface area contributed by atoms with E-state index in [-0.39, 0.29) is 18.0 Å². The predicted octanol–water partition coefficient (Wildman–Crippen LogP) is 3.43. The first-order valence-corrected chi connectivity index (χ1v) is 12.1. The first kappa shape index (κ1) is 24.4. The molecule has 2 aliphatic heterocycles. The lowest BCUT2D eigenvalue weighted by Crippen LogP contribution is -2.42. The van der Waals surface area contributed by atoms with Crippen molar-refractivity contribution in [1.29, 1.82) is 0 Å². The Morgan fingerprint density at radius 1 is 1.03 bits per heavy atom. The van der Waals surface area contributed by atoms with E-state index in [0.29, 0.717) is 24.6 Å². The molecule has 0 spiro atoms. The average Bonchev–Trinajstić information content (AvgIpc) is 2.84. The van der Waals surface area contributed by atoms with E-state index in [2.05, 4.69) is 29.2 Å². The zero-order chi connectivity index (χ0) is 24.1. The van der Waals surface area contributed by atoms with Crippen LogP contribution in [-0.4, -0.2) is 49.1 Å². The summed E-state index contributed by atoms with van der Waals surface area (Å²) in [5, 5.41) is 0. The van der Waals surface area contributed by atoms with E-state index in [1.54, 1.807) is 6.07 Å². The van der Waals surface area contributed by atoms with Crippen molar-refractivity contribution in [1.82, 2.24) is 4.90 Å². The molecule has 2 aromatic carbocycles. The van der Waals surface area contributed by atoms with Gasteiger partial charge in [0.1, 0.15) is 0 Å². The number of carbonyl (C=O) groups excluding carboxylic acids is 2. The van der Waals surface area contributed by atoms with Crippen LogP contribution in [0.25, 0.3) is 0 Å². The Hall–Kier alpha value is -2.74. The molecular weight excluding hydrogens is 432 g/mol. The van der Waals surface area contributed by atoms with E-state index in [9.17, 15) is 9.59 Å². The van der Waals surface area contributed by atoms with Crippen molar-refractivity contribution in [2.75, 3.05) is 26.2 Å². The van der Waals surface area contributed by atoms with Gasteiger partial charge in [-0.1, -0.05) is 36.4 Å². The van der Waals surface area contributed by atoms with E-state index in [1.165, 1.54) is 19.4 Å². The van der Waals surface area contributed by atoms with Crippen molar-refractivity contribution in [3.05, 3.63) is 59.2 Å². The summed E-state index contributed by atoms with van der Waals surface area (Å²) in [6.07, 6.45) is 3.42. The highest BCUT2D eigenvalue weighted by Gasteiger charge is 2.36. The minimum atomic E-state index is -0.463. The third-order valence-electron chi connectivity index (χ3n) is 6.78. The fourth-order valence-corrected chi connectivity index (χ4v) is 5.10. The summed E-state index contributed by atoms with van der Waals surface area (Å²) < 4.78 is 17.3. The number of carbonyl (C=O) groups is 2. The summed E-state index contributed by atoms with van der Waals surface area (Å²) in [7, 11) is 0. The monoisotopic (exact) mass is 466 g/mol. The number of ether oxygens (including phenoxy) is 3. The maximum atomic E-state index is 11.8. The number of hydrogen-bond acceptors (Lipinski definition) is 7. The highest BCUT2D eigenvalue weighted by atomic mass is 16.6.